The van der Waals surface area contributed by atoms with Crippen molar-refractivity contribution in [3.8, 4) is 0 Å². The number of rotatable bonds is 10. The number of halogens is 1. The van der Waals surface area contributed by atoms with Crippen LogP contribution in [0.5, 0.6) is 0 Å². The van der Waals surface area contributed by atoms with Gasteiger partial charge in [0.05, 0.1) is 11.9 Å². The van der Waals surface area contributed by atoms with Gasteiger partial charge in [0.15, 0.2) is 0 Å². The van der Waals surface area contributed by atoms with Gasteiger partial charge in [0, 0.05) is 17.1 Å². The van der Waals surface area contributed by atoms with Crippen LogP contribution in [0.15, 0.2) is 46.9 Å². The molecule has 7 nitrogen and oxygen atoms in total. The smallest absolute Gasteiger partial charge is 0.244 e. The maximum Gasteiger partial charge on any atom is 0.244 e. The molecule has 0 aliphatic heterocycles. The summed E-state index contributed by atoms with van der Waals surface area (Å²) in [6.07, 6.45) is 1.84. The van der Waals surface area contributed by atoms with Crippen molar-refractivity contribution in [1.82, 2.24) is 10.2 Å². The summed E-state index contributed by atoms with van der Waals surface area (Å²) >= 11 is 3.40. The zero-order valence-electron chi connectivity index (χ0n) is 20.6. The van der Waals surface area contributed by atoms with Crippen molar-refractivity contribution >= 4 is 43.5 Å². The second-order valence-corrected chi connectivity index (χ2v) is 11.5. The molecular weight excluding hydrogens is 518 g/mol. The van der Waals surface area contributed by atoms with Gasteiger partial charge in [0.1, 0.15) is 12.6 Å². The quantitative estimate of drug-likeness (QED) is 0.480. The second kappa shape index (κ2) is 11.8. The number of hydrogen-bond acceptors (Lipinski definition) is 4. The third-order valence-electron chi connectivity index (χ3n) is 5.73. The summed E-state index contributed by atoms with van der Waals surface area (Å²) in [4.78, 5) is 27.9. The summed E-state index contributed by atoms with van der Waals surface area (Å²) in [5, 5.41) is 2.92. The Labute approximate surface area is 211 Å². The molecule has 0 aromatic heterocycles. The molecule has 0 bridgehead atoms. The zero-order chi connectivity index (χ0) is 25.6. The number of hydrogen-bond donors (Lipinski definition) is 1. The summed E-state index contributed by atoms with van der Waals surface area (Å²) in [7, 11) is -3.75. The number of nitrogens with zero attached hydrogens (tertiary/aromatic N) is 2. The van der Waals surface area contributed by atoms with E-state index in [1.165, 1.54) is 4.90 Å². The van der Waals surface area contributed by atoms with Gasteiger partial charge >= 0.3 is 0 Å². The molecule has 2 aromatic rings. The first-order chi connectivity index (χ1) is 15.8. The van der Waals surface area contributed by atoms with Crippen molar-refractivity contribution in [2.24, 2.45) is 0 Å². The van der Waals surface area contributed by atoms with E-state index in [1.54, 1.807) is 13.0 Å². The van der Waals surface area contributed by atoms with Gasteiger partial charge < -0.3 is 10.2 Å². The van der Waals surface area contributed by atoms with Crippen molar-refractivity contribution in [3.63, 3.8) is 0 Å². The molecule has 2 rings (SSSR count). The minimum atomic E-state index is -3.75. The van der Waals surface area contributed by atoms with E-state index in [4.69, 9.17) is 0 Å². The molecule has 2 unspecified atom stereocenters. The number of carbonyl (C=O) groups is 2. The standard InChI is InChI=1S/C25H34BrN3O4S/c1-7-19(4)27-25(31)20(5)28(15-21-9-11-22(26)12-10-21)24(30)16-29(34(6,32)33)23-13-8-17(2)14-18(23)3/h8-14,19-20H,7,15-16H2,1-6H3,(H,27,31). The van der Waals surface area contributed by atoms with Crippen LogP contribution in [0.2, 0.25) is 0 Å². The average Bonchev–Trinajstić information content (AvgIpc) is 2.76. The van der Waals surface area contributed by atoms with Crippen LogP contribution >= 0.6 is 15.9 Å². The molecule has 0 saturated carbocycles. The van der Waals surface area contributed by atoms with Crippen LogP contribution in [-0.4, -0.2) is 50.0 Å². The number of carbonyl (C=O) groups excluding carboxylic acids is 2. The fourth-order valence-corrected chi connectivity index (χ4v) is 4.69. The molecule has 0 aliphatic rings. The van der Waals surface area contributed by atoms with E-state index in [1.807, 2.05) is 64.1 Å². The van der Waals surface area contributed by atoms with Gasteiger partial charge in [0.25, 0.3) is 0 Å². The summed E-state index contributed by atoms with van der Waals surface area (Å²) in [6, 6.07) is 12.0. The number of benzene rings is 2. The predicted molar refractivity (Wildman–Crippen MR) is 140 cm³/mol. The van der Waals surface area contributed by atoms with Crippen LogP contribution < -0.4 is 9.62 Å². The van der Waals surface area contributed by atoms with E-state index in [0.717, 1.165) is 38.1 Å². The molecule has 9 heteroatoms. The van der Waals surface area contributed by atoms with Gasteiger partial charge in [-0.2, -0.15) is 0 Å². The van der Waals surface area contributed by atoms with Gasteiger partial charge in [-0.25, -0.2) is 8.42 Å². The van der Waals surface area contributed by atoms with Crippen LogP contribution in [0.1, 0.15) is 43.9 Å². The van der Waals surface area contributed by atoms with Gasteiger partial charge in [0.2, 0.25) is 21.8 Å². The Morgan fingerprint density at radius 3 is 2.21 bits per heavy atom. The first-order valence-electron chi connectivity index (χ1n) is 11.2. The number of sulfonamides is 1. The maximum atomic E-state index is 13.6. The summed E-state index contributed by atoms with van der Waals surface area (Å²) in [6.45, 7) is 9.03. The van der Waals surface area contributed by atoms with Crippen LogP contribution in [0, 0.1) is 13.8 Å². The number of amides is 2. The molecule has 0 heterocycles. The Morgan fingerprint density at radius 1 is 1.06 bits per heavy atom. The van der Waals surface area contributed by atoms with Gasteiger partial charge in [-0.15, -0.1) is 0 Å². The number of nitrogens with one attached hydrogen (secondary N) is 1. The monoisotopic (exact) mass is 551 g/mol. The molecule has 0 aliphatic carbocycles. The van der Waals surface area contributed by atoms with Crippen LogP contribution in [0.4, 0.5) is 5.69 Å². The Bertz CT molecular complexity index is 1120. The largest absolute Gasteiger partial charge is 0.352 e. The van der Waals surface area contributed by atoms with Crippen molar-refractivity contribution in [1.29, 1.82) is 0 Å². The first kappa shape index (κ1) is 27.9. The van der Waals surface area contributed by atoms with Gasteiger partial charge in [-0.1, -0.05) is 52.7 Å². The third kappa shape index (κ3) is 7.56. The molecular formula is C25H34BrN3O4S. The van der Waals surface area contributed by atoms with Gasteiger partial charge in [-0.3, -0.25) is 13.9 Å². The van der Waals surface area contributed by atoms with E-state index < -0.39 is 28.5 Å². The molecule has 2 atom stereocenters. The van der Waals surface area contributed by atoms with Crippen molar-refractivity contribution in [2.75, 3.05) is 17.1 Å². The SMILES string of the molecule is CCC(C)NC(=O)C(C)N(Cc1ccc(Br)cc1)C(=O)CN(c1ccc(C)cc1C)S(C)(=O)=O. The molecule has 2 amide bonds. The number of aryl methyl sites for hydroxylation is 2. The highest BCUT2D eigenvalue weighted by Crippen LogP contribution is 2.24. The Morgan fingerprint density at radius 2 is 1.68 bits per heavy atom. The first-order valence-corrected chi connectivity index (χ1v) is 13.9. The summed E-state index contributed by atoms with van der Waals surface area (Å²) < 4.78 is 27.4. The predicted octanol–water partition coefficient (Wildman–Crippen LogP) is 4.16. The third-order valence-corrected chi connectivity index (χ3v) is 7.39. The molecule has 0 spiro atoms. The molecule has 0 fully saturated rings. The highest BCUT2D eigenvalue weighted by Gasteiger charge is 2.30. The Hall–Kier alpha value is -2.39. The lowest BCUT2D eigenvalue weighted by molar-refractivity contribution is -0.139. The molecule has 186 valence electrons. The second-order valence-electron chi connectivity index (χ2n) is 8.70. The van der Waals surface area contributed by atoms with E-state index >= 15 is 0 Å². The molecule has 1 N–H and O–H groups in total. The molecule has 0 saturated heterocycles. The topological polar surface area (TPSA) is 86.8 Å². The lowest BCUT2D eigenvalue weighted by Gasteiger charge is -2.32. The van der Waals surface area contributed by atoms with Crippen LogP contribution in [0.3, 0.4) is 0 Å². The lowest BCUT2D eigenvalue weighted by atomic mass is 10.1. The lowest BCUT2D eigenvalue weighted by Crippen LogP contribution is -2.52. The van der Waals surface area contributed by atoms with Crippen molar-refractivity contribution < 1.29 is 18.0 Å². The van der Waals surface area contributed by atoms with E-state index in [-0.39, 0.29) is 18.5 Å². The minimum absolute atomic E-state index is 0.0395. The zero-order valence-corrected chi connectivity index (χ0v) is 23.0. The Kier molecular flexibility index (Phi) is 9.70. The number of anilines is 1. The highest BCUT2D eigenvalue weighted by atomic mass is 79.9. The van der Waals surface area contributed by atoms with Crippen LogP contribution in [-0.2, 0) is 26.2 Å². The summed E-state index contributed by atoms with van der Waals surface area (Å²) in [5.41, 5.74) is 3.02. The summed E-state index contributed by atoms with van der Waals surface area (Å²) in [5.74, 6) is -0.739. The van der Waals surface area contributed by atoms with Crippen molar-refractivity contribution in [3.05, 3.63) is 63.6 Å². The Balaban J connectivity index is 2.41. The van der Waals surface area contributed by atoms with E-state index in [9.17, 15) is 18.0 Å². The molecule has 34 heavy (non-hydrogen) atoms. The molecule has 2 aromatic carbocycles. The normalized spacial score (nSPS) is 13.1. The fourth-order valence-electron chi connectivity index (χ4n) is 3.51. The highest BCUT2D eigenvalue weighted by molar-refractivity contribution is 9.10. The fraction of sp³-hybridized carbons (Fsp3) is 0.440. The van der Waals surface area contributed by atoms with Crippen molar-refractivity contribution in [2.45, 2.75) is 59.7 Å². The molecule has 0 radical (unpaired) electrons. The van der Waals surface area contributed by atoms with Crippen LogP contribution in [0.25, 0.3) is 0 Å². The maximum absolute atomic E-state index is 13.6. The average molecular weight is 553 g/mol. The minimum Gasteiger partial charge on any atom is -0.352 e. The van der Waals surface area contributed by atoms with E-state index in [0.29, 0.717) is 5.69 Å². The van der Waals surface area contributed by atoms with Gasteiger partial charge in [-0.05, 0) is 63.4 Å². The van der Waals surface area contributed by atoms with E-state index in [2.05, 4.69) is 21.2 Å².